The van der Waals surface area contributed by atoms with E-state index >= 15 is 4.39 Å². The second-order valence-corrected chi connectivity index (χ2v) is 9.34. The molecule has 4 rings (SSSR count). The van der Waals surface area contributed by atoms with E-state index in [4.69, 9.17) is 4.74 Å². The van der Waals surface area contributed by atoms with Crippen LogP contribution < -0.4 is 30.4 Å². The summed E-state index contributed by atoms with van der Waals surface area (Å²) in [7, 11) is 3.15. The monoisotopic (exact) mass is 545 g/mol. The van der Waals surface area contributed by atoms with Crippen LogP contribution in [-0.4, -0.2) is 23.6 Å². The summed E-state index contributed by atoms with van der Waals surface area (Å²) in [6.45, 7) is 7.25. The van der Waals surface area contributed by atoms with E-state index in [1.165, 1.54) is 42.8 Å². The standard InChI is InChI=1S/C25H27F2N5O3S.C2H6/c1-13-8-11-17(16(26)12-13)30-23-20(24(33)29-15-9-10-15)22(14(2)25(34)32(23)4)35-19-7-5-6-18(21(19)27)31-36-28-3;1-2/h5-8,11-12,15,28,30-31H,9-10H2,1-4H3,(H,29,33);1-2H3. The van der Waals surface area contributed by atoms with Gasteiger partial charge in [-0.05, 0) is 63.6 Å². The number of nitrogens with one attached hydrogen (secondary N) is 4. The molecular formula is C27H33F2N5O3S. The highest BCUT2D eigenvalue weighted by Crippen LogP contribution is 2.37. The lowest BCUT2D eigenvalue weighted by Gasteiger charge is -2.21. The van der Waals surface area contributed by atoms with Crippen LogP contribution in [0.4, 0.5) is 26.0 Å². The number of pyridine rings is 1. The molecule has 0 aliphatic heterocycles. The minimum Gasteiger partial charge on any atom is -0.453 e. The van der Waals surface area contributed by atoms with E-state index in [1.807, 2.05) is 13.8 Å². The number of benzene rings is 2. The van der Waals surface area contributed by atoms with Gasteiger partial charge in [-0.2, -0.15) is 0 Å². The van der Waals surface area contributed by atoms with Gasteiger partial charge in [-0.25, -0.2) is 13.5 Å². The van der Waals surface area contributed by atoms with Gasteiger partial charge in [-0.1, -0.05) is 26.0 Å². The molecule has 0 unspecified atom stereocenters. The molecule has 0 atom stereocenters. The minimum absolute atomic E-state index is 0.00492. The summed E-state index contributed by atoms with van der Waals surface area (Å²) in [5.74, 6) is -2.02. The largest absolute Gasteiger partial charge is 0.453 e. The van der Waals surface area contributed by atoms with E-state index in [0.717, 1.165) is 25.0 Å². The van der Waals surface area contributed by atoms with Gasteiger partial charge in [0.05, 0.1) is 16.9 Å². The first-order valence-electron chi connectivity index (χ1n) is 12.3. The van der Waals surface area contributed by atoms with E-state index in [0.29, 0.717) is 5.56 Å². The molecule has 1 aliphatic rings. The molecule has 1 fully saturated rings. The molecule has 0 bridgehead atoms. The van der Waals surface area contributed by atoms with Crippen molar-refractivity contribution in [3.63, 3.8) is 0 Å². The number of hydrogen-bond donors (Lipinski definition) is 4. The average molecular weight is 546 g/mol. The Labute approximate surface area is 225 Å². The molecule has 1 aliphatic carbocycles. The molecule has 1 heterocycles. The van der Waals surface area contributed by atoms with Gasteiger partial charge in [-0.15, -0.1) is 0 Å². The van der Waals surface area contributed by atoms with Crippen LogP contribution in [0.5, 0.6) is 11.5 Å². The number of anilines is 3. The summed E-state index contributed by atoms with van der Waals surface area (Å²) in [4.78, 5) is 26.5. The average Bonchev–Trinajstić information content (AvgIpc) is 3.72. The summed E-state index contributed by atoms with van der Waals surface area (Å²) in [6, 6.07) is 9.07. The number of amides is 1. The Balaban J connectivity index is 0.00000195. The fourth-order valence-electron chi connectivity index (χ4n) is 3.62. The van der Waals surface area contributed by atoms with Gasteiger partial charge in [0.1, 0.15) is 17.2 Å². The second-order valence-electron chi connectivity index (χ2n) is 8.53. The van der Waals surface area contributed by atoms with Gasteiger partial charge in [-0.3, -0.25) is 14.2 Å². The maximum atomic E-state index is 15.2. The lowest BCUT2D eigenvalue weighted by molar-refractivity contribution is 0.0948. The van der Waals surface area contributed by atoms with Crippen LogP contribution in [0.2, 0.25) is 0 Å². The van der Waals surface area contributed by atoms with Crippen LogP contribution in [0.1, 0.15) is 48.2 Å². The van der Waals surface area contributed by atoms with Gasteiger partial charge < -0.3 is 20.1 Å². The summed E-state index contributed by atoms with van der Waals surface area (Å²) >= 11 is 1.07. The number of aromatic nitrogens is 1. The zero-order chi connectivity index (χ0) is 28.0. The quantitative estimate of drug-likeness (QED) is 0.248. The van der Waals surface area contributed by atoms with Crippen molar-refractivity contribution in [3.05, 3.63) is 75.1 Å². The maximum absolute atomic E-state index is 15.2. The van der Waals surface area contributed by atoms with Crippen molar-refractivity contribution in [3.8, 4) is 11.5 Å². The third-order valence-corrected chi connectivity index (χ3v) is 6.25. The number of carbonyl (C=O) groups excluding carboxylic acids is 1. The first-order chi connectivity index (χ1) is 18.2. The van der Waals surface area contributed by atoms with E-state index < -0.39 is 23.1 Å². The number of halogens is 2. The molecule has 1 amide bonds. The first kappa shape index (κ1) is 29.0. The summed E-state index contributed by atoms with van der Waals surface area (Å²) < 4.78 is 42.6. The summed E-state index contributed by atoms with van der Waals surface area (Å²) in [5.41, 5.74) is 0.541. The predicted octanol–water partition coefficient (Wildman–Crippen LogP) is 5.93. The van der Waals surface area contributed by atoms with Crippen LogP contribution in [0, 0.1) is 25.5 Å². The summed E-state index contributed by atoms with van der Waals surface area (Å²) in [6.07, 6.45) is 1.65. The SMILES string of the molecule is CC.CNSNc1cccc(Oc2c(C(=O)NC3CC3)c(Nc3ccc(C)cc3F)n(C)c(=O)c2C)c1F. The number of hydrogen-bond acceptors (Lipinski definition) is 7. The molecule has 0 radical (unpaired) electrons. The zero-order valence-electron chi connectivity index (χ0n) is 22.3. The second kappa shape index (κ2) is 12.8. The molecule has 0 spiro atoms. The molecule has 11 heteroatoms. The van der Waals surface area contributed by atoms with Crippen LogP contribution in [-0.2, 0) is 7.05 Å². The topological polar surface area (TPSA) is 96.4 Å². The van der Waals surface area contributed by atoms with Crippen molar-refractivity contribution in [2.75, 3.05) is 17.1 Å². The third-order valence-electron chi connectivity index (χ3n) is 5.72. The van der Waals surface area contributed by atoms with Crippen molar-refractivity contribution >= 4 is 35.2 Å². The van der Waals surface area contributed by atoms with Gasteiger partial charge in [0, 0.05) is 25.2 Å². The van der Waals surface area contributed by atoms with E-state index in [9.17, 15) is 14.0 Å². The van der Waals surface area contributed by atoms with Crippen LogP contribution in [0.15, 0.2) is 41.2 Å². The molecule has 1 saturated carbocycles. The lowest BCUT2D eigenvalue weighted by Crippen LogP contribution is -2.31. The Morgan fingerprint density at radius 2 is 1.82 bits per heavy atom. The van der Waals surface area contributed by atoms with Gasteiger partial charge in [0.15, 0.2) is 17.3 Å². The van der Waals surface area contributed by atoms with Crippen LogP contribution >= 0.6 is 12.1 Å². The molecule has 0 saturated heterocycles. The Morgan fingerprint density at radius 1 is 1.11 bits per heavy atom. The molecule has 1 aromatic heterocycles. The molecule has 4 N–H and O–H groups in total. The number of carbonyl (C=O) groups is 1. The fraction of sp³-hybridized carbons (Fsp3) is 0.333. The Morgan fingerprint density at radius 3 is 2.45 bits per heavy atom. The zero-order valence-corrected chi connectivity index (χ0v) is 23.1. The highest BCUT2D eigenvalue weighted by Gasteiger charge is 2.31. The van der Waals surface area contributed by atoms with Crippen molar-refractivity contribution < 1.29 is 18.3 Å². The number of aryl methyl sites for hydroxylation is 1. The smallest absolute Gasteiger partial charge is 0.259 e. The highest BCUT2D eigenvalue weighted by molar-refractivity contribution is 7.98. The van der Waals surface area contributed by atoms with Crippen LogP contribution in [0.3, 0.4) is 0 Å². The molecule has 204 valence electrons. The Hall–Kier alpha value is -3.57. The van der Waals surface area contributed by atoms with Crippen molar-refractivity contribution in [2.24, 2.45) is 7.05 Å². The van der Waals surface area contributed by atoms with Crippen molar-refractivity contribution in [2.45, 2.75) is 46.6 Å². The maximum Gasteiger partial charge on any atom is 0.259 e. The van der Waals surface area contributed by atoms with Gasteiger partial charge >= 0.3 is 0 Å². The lowest BCUT2D eigenvalue weighted by atomic mass is 10.1. The molecule has 2 aromatic carbocycles. The van der Waals surface area contributed by atoms with E-state index in [1.54, 1.807) is 26.1 Å². The predicted molar refractivity (Wildman–Crippen MR) is 149 cm³/mol. The minimum atomic E-state index is -0.701. The van der Waals surface area contributed by atoms with Crippen molar-refractivity contribution in [1.82, 2.24) is 14.6 Å². The van der Waals surface area contributed by atoms with E-state index in [-0.39, 0.29) is 45.9 Å². The summed E-state index contributed by atoms with van der Waals surface area (Å²) in [5, 5.41) is 5.78. The number of nitrogens with zero attached hydrogens (tertiary/aromatic N) is 1. The molecule has 38 heavy (non-hydrogen) atoms. The molecule has 3 aromatic rings. The van der Waals surface area contributed by atoms with Gasteiger partial charge in [0.2, 0.25) is 0 Å². The first-order valence-corrected chi connectivity index (χ1v) is 13.2. The number of rotatable bonds is 9. The Kier molecular flexibility index (Phi) is 9.76. The normalized spacial score (nSPS) is 12.3. The van der Waals surface area contributed by atoms with Crippen molar-refractivity contribution in [1.29, 1.82) is 0 Å². The van der Waals surface area contributed by atoms with Gasteiger partial charge in [0.25, 0.3) is 11.5 Å². The van der Waals surface area contributed by atoms with Crippen LogP contribution in [0.25, 0.3) is 0 Å². The number of ether oxygens (including phenoxy) is 1. The Bertz CT molecular complexity index is 1380. The fourth-order valence-corrected chi connectivity index (χ4v) is 3.99. The molecule has 8 nitrogen and oxygen atoms in total. The molecular weight excluding hydrogens is 512 g/mol. The van der Waals surface area contributed by atoms with E-state index in [2.05, 4.69) is 20.1 Å². The highest BCUT2D eigenvalue weighted by atomic mass is 32.2. The third kappa shape index (κ3) is 6.46.